The Morgan fingerprint density at radius 2 is 1.49 bits per heavy atom. The van der Waals surface area contributed by atoms with Crippen LogP contribution >= 0.6 is 0 Å². The lowest BCUT2D eigenvalue weighted by Gasteiger charge is -2.26. The van der Waals surface area contributed by atoms with Crippen LogP contribution in [0, 0.1) is 0 Å². The molecular formula is C30H33NO7S. The van der Waals surface area contributed by atoms with E-state index < -0.39 is 10.1 Å². The number of ether oxygens (including phenoxy) is 2. The molecule has 4 aromatic rings. The van der Waals surface area contributed by atoms with Crippen LogP contribution in [0.25, 0.3) is 21.9 Å². The smallest absolute Gasteiger partial charge is 0.261 e. The number of fused-ring (bicyclic) bond motifs is 1. The van der Waals surface area contributed by atoms with Crippen LogP contribution in [0.4, 0.5) is 0 Å². The Bertz CT molecular complexity index is 1490. The molecule has 5 rings (SSSR count). The zero-order valence-electron chi connectivity index (χ0n) is 21.8. The largest absolute Gasteiger partial charge is 0.508 e. The molecule has 0 atom stereocenters. The van der Waals surface area contributed by atoms with Crippen LogP contribution in [-0.2, 0) is 10.1 Å². The number of hydrogen-bond donors (Lipinski definition) is 3. The van der Waals surface area contributed by atoms with E-state index in [4.69, 9.17) is 14.0 Å². The third kappa shape index (κ3) is 8.61. The van der Waals surface area contributed by atoms with Gasteiger partial charge in [0.2, 0.25) is 0 Å². The summed E-state index contributed by atoms with van der Waals surface area (Å²) < 4.78 is 38.2. The Morgan fingerprint density at radius 1 is 0.821 bits per heavy atom. The van der Waals surface area contributed by atoms with Gasteiger partial charge in [0.15, 0.2) is 0 Å². The summed E-state index contributed by atoms with van der Waals surface area (Å²) in [5, 5.41) is 21.7. The summed E-state index contributed by atoms with van der Waals surface area (Å²) in [7, 11) is -3.67. The summed E-state index contributed by atoms with van der Waals surface area (Å²) >= 11 is 0. The number of benzene rings is 4. The molecule has 0 radical (unpaired) electrons. The van der Waals surface area contributed by atoms with Crippen molar-refractivity contribution < 1.29 is 32.7 Å². The van der Waals surface area contributed by atoms with E-state index in [2.05, 4.69) is 4.90 Å². The standard InChI is InChI=1S/C29H29NO4.CH4O3S/c31-23-6-4-5-21(19-23)27-13-7-22-20-24(32)8-14-28(22)29(27)34-26-11-9-25(10-12-26)33-18-17-30-15-2-1-3-16-30;1-5(2,3)4/h4-14,19-20,31-32H,1-3,15-18H2;1H3,(H,2,3,4). The number of phenols is 2. The van der Waals surface area contributed by atoms with Crippen molar-refractivity contribution in [2.24, 2.45) is 0 Å². The summed E-state index contributed by atoms with van der Waals surface area (Å²) in [5.41, 5.74) is 1.71. The van der Waals surface area contributed by atoms with Gasteiger partial charge in [0.25, 0.3) is 10.1 Å². The number of aromatic hydroxyl groups is 2. The van der Waals surface area contributed by atoms with Crippen molar-refractivity contribution in [3.05, 3.63) is 78.9 Å². The Labute approximate surface area is 228 Å². The van der Waals surface area contributed by atoms with Gasteiger partial charge in [-0.05, 0) is 97.5 Å². The van der Waals surface area contributed by atoms with Gasteiger partial charge in [-0.25, -0.2) is 0 Å². The van der Waals surface area contributed by atoms with Crippen LogP contribution in [-0.4, -0.2) is 60.6 Å². The Balaban J connectivity index is 0.000000648. The molecule has 0 saturated carbocycles. The monoisotopic (exact) mass is 551 g/mol. The van der Waals surface area contributed by atoms with Crippen LogP contribution in [0.3, 0.4) is 0 Å². The second kappa shape index (κ2) is 12.8. The molecule has 1 heterocycles. The minimum absolute atomic E-state index is 0.195. The topological polar surface area (TPSA) is 117 Å². The van der Waals surface area contributed by atoms with E-state index in [1.807, 2.05) is 54.6 Å². The summed E-state index contributed by atoms with van der Waals surface area (Å²) in [4.78, 5) is 2.46. The first kappa shape index (κ1) is 28.2. The number of likely N-dealkylation sites (tertiary alicyclic amines) is 1. The highest BCUT2D eigenvalue weighted by molar-refractivity contribution is 7.85. The van der Waals surface area contributed by atoms with Crippen molar-refractivity contribution in [1.82, 2.24) is 4.90 Å². The van der Waals surface area contributed by atoms with E-state index in [1.54, 1.807) is 24.3 Å². The van der Waals surface area contributed by atoms with Crippen LogP contribution in [0.15, 0.2) is 78.9 Å². The molecule has 39 heavy (non-hydrogen) atoms. The molecule has 1 fully saturated rings. The lowest BCUT2D eigenvalue weighted by molar-refractivity contribution is 0.183. The van der Waals surface area contributed by atoms with Crippen molar-refractivity contribution in [1.29, 1.82) is 0 Å². The summed E-state index contributed by atoms with van der Waals surface area (Å²) in [6, 6.07) is 23.9. The lowest BCUT2D eigenvalue weighted by atomic mass is 9.99. The van der Waals surface area contributed by atoms with Crippen LogP contribution in [0.5, 0.6) is 28.7 Å². The minimum atomic E-state index is -3.67. The zero-order chi connectivity index (χ0) is 27.8. The summed E-state index contributed by atoms with van der Waals surface area (Å²) in [5.74, 6) is 2.57. The van der Waals surface area contributed by atoms with E-state index in [0.29, 0.717) is 24.4 Å². The van der Waals surface area contributed by atoms with E-state index in [9.17, 15) is 18.6 Å². The lowest BCUT2D eigenvalue weighted by Crippen LogP contribution is -2.33. The number of hydrogen-bond acceptors (Lipinski definition) is 7. The molecule has 0 unspecified atom stereocenters. The predicted molar refractivity (Wildman–Crippen MR) is 152 cm³/mol. The minimum Gasteiger partial charge on any atom is -0.508 e. The van der Waals surface area contributed by atoms with Gasteiger partial charge >= 0.3 is 0 Å². The van der Waals surface area contributed by atoms with Crippen LogP contribution in [0.1, 0.15) is 19.3 Å². The van der Waals surface area contributed by atoms with E-state index in [0.717, 1.165) is 34.2 Å². The first-order chi connectivity index (χ1) is 18.7. The first-order valence-electron chi connectivity index (χ1n) is 12.8. The van der Waals surface area contributed by atoms with Gasteiger partial charge in [-0.1, -0.05) is 24.6 Å². The molecule has 0 aromatic heterocycles. The molecule has 4 aromatic carbocycles. The van der Waals surface area contributed by atoms with E-state index in [1.165, 1.54) is 32.4 Å². The van der Waals surface area contributed by atoms with E-state index in [-0.39, 0.29) is 11.5 Å². The maximum atomic E-state index is 10.00. The average Bonchev–Trinajstić information content (AvgIpc) is 2.89. The normalized spacial score (nSPS) is 13.9. The van der Waals surface area contributed by atoms with E-state index >= 15 is 0 Å². The SMILES string of the molecule is CS(=O)(=O)O.Oc1cccc(-c2ccc3cc(O)ccc3c2Oc2ccc(OCCN3CCCCC3)cc2)c1. The van der Waals surface area contributed by atoms with Gasteiger partial charge in [0.05, 0.1) is 6.26 Å². The molecule has 8 nitrogen and oxygen atoms in total. The van der Waals surface area contributed by atoms with Crippen molar-refractivity contribution in [2.45, 2.75) is 19.3 Å². The molecule has 1 aliphatic heterocycles. The number of phenolic OH excluding ortho intramolecular Hbond substituents is 2. The Hall–Kier alpha value is -3.79. The average molecular weight is 552 g/mol. The zero-order valence-corrected chi connectivity index (χ0v) is 22.6. The van der Waals surface area contributed by atoms with Crippen LogP contribution < -0.4 is 9.47 Å². The highest BCUT2D eigenvalue weighted by atomic mass is 32.2. The molecule has 206 valence electrons. The molecule has 9 heteroatoms. The Morgan fingerprint density at radius 3 is 2.18 bits per heavy atom. The van der Waals surface area contributed by atoms with Gasteiger partial charge < -0.3 is 19.7 Å². The maximum Gasteiger partial charge on any atom is 0.261 e. The molecular weight excluding hydrogens is 518 g/mol. The summed E-state index contributed by atoms with van der Waals surface area (Å²) in [6.45, 7) is 3.96. The quantitative estimate of drug-likeness (QED) is 0.237. The van der Waals surface area contributed by atoms with Crippen molar-refractivity contribution in [2.75, 3.05) is 32.5 Å². The highest BCUT2D eigenvalue weighted by Gasteiger charge is 2.14. The van der Waals surface area contributed by atoms with Crippen molar-refractivity contribution in [3.63, 3.8) is 0 Å². The van der Waals surface area contributed by atoms with Gasteiger partial charge in [-0.15, -0.1) is 0 Å². The maximum absolute atomic E-state index is 10.00. The van der Waals surface area contributed by atoms with Gasteiger partial charge in [0.1, 0.15) is 35.4 Å². The van der Waals surface area contributed by atoms with Gasteiger partial charge in [-0.3, -0.25) is 9.45 Å². The Kier molecular flexibility index (Phi) is 9.29. The third-order valence-corrected chi connectivity index (χ3v) is 6.28. The molecule has 0 aliphatic carbocycles. The van der Waals surface area contributed by atoms with Gasteiger partial charge in [-0.2, -0.15) is 8.42 Å². The number of nitrogens with zero attached hydrogens (tertiary/aromatic N) is 1. The number of piperidine rings is 1. The molecule has 3 N–H and O–H groups in total. The molecule has 1 aliphatic rings. The fraction of sp³-hybridized carbons (Fsp3) is 0.267. The fourth-order valence-corrected chi connectivity index (χ4v) is 4.50. The second-order valence-electron chi connectivity index (χ2n) is 9.46. The second-order valence-corrected chi connectivity index (χ2v) is 10.9. The predicted octanol–water partition coefficient (Wildman–Crippen LogP) is 6.08. The molecule has 0 amide bonds. The summed E-state index contributed by atoms with van der Waals surface area (Å²) in [6.07, 6.45) is 4.62. The molecule has 0 spiro atoms. The van der Waals surface area contributed by atoms with Crippen LogP contribution in [0.2, 0.25) is 0 Å². The van der Waals surface area contributed by atoms with Crippen molar-refractivity contribution in [3.8, 4) is 39.9 Å². The van der Waals surface area contributed by atoms with Crippen molar-refractivity contribution >= 4 is 20.9 Å². The molecule has 0 bridgehead atoms. The third-order valence-electron chi connectivity index (χ3n) is 6.28. The van der Waals surface area contributed by atoms with Gasteiger partial charge in [0, 0.05) is 17.5 Å². The molecule has 1 saturated heterocycles. The highest BCUT2D eigenvalue weighted by Crippen LogP contribution is 2.41. The fourth-order valence-electron chi connectivity index (χ4n) is 4.50. The first-order valence-corrected chi connectivity index (χ1v) is 14.6. The number of rotatable bonds is 7.